The van der Waals surface area contributed by atoms with Crippen LogP contribution >= 0.6 is 34.4 Å². The van der Waals surface area contributed by atoms with Crippen LogP contribution in [0.4, 0.5) is 5.69 Å². The molecule has 0 aliphatic carbocycles. The van der Waals surface area contributed by atoms with Crippen molar-refractivity contribution in [3.8, 4) is 5.75 Å². The summed E-state index contributed by atoms with van der Waals surface area (Å²) in [5.74, 6) is 0.746. The average Bonchev–Trinajstić information content (AvgIpc) is 3.19. The maximum absolute atomic E-state index is 13.4. The summed E-state index contributed by atoms with van der Waals surface area (Å²) in [6.07, 6.45) is 1.92. The van der Waals surface area contributed by atoms with Crippen LogP contribution in [0.3, 0.4) is 0 Å². The van der Waals surface area contributed by atoms with Gasteiger partial charge in [-0.15, -0.1) is 0 Å². The van der Waals surface area contributed by atoms with Gasteiger partial charge in [0.15, 0.2) is 5.17 Å². The van der Waals surface area contributed by atoms with Crippen molar-refractivity contribution in [3.05, 3.63) is 134 Å². The molecule has 0 bridgehead atoms. The predicted molar refractivity (Wildman–Crippen MR) is 156 cm³/mol. The van der Waals surface area contributed by atoms with Crippen molar-refractivity contribution >= 4 is 57.2 Å². The van der Waals surface area contributed by atoms with Crippen LogP contribution in [0, 0.1) is 3.57 Å². The third-order valence-electron chi connectivity index (χ3n) is 5.55. The number of para-hydroxylation sites is 1. The molecule has 0 atom stereocenters. The second kappa shape index (κ2) is 11.6. The Morgan fingerprint density at radius 2 is 1.47 bits per heavy atom. The van der Waals surface area contributed by atoms with Crippen molar-refractivity contribution in [1.82, 2.24) is 4.90 Å². The van der Waals surface area contributed by atoms with Gasteiger partial charge in [0, 0.05) is 3.57 Å². The summed E-state index contributed by atoms with van der Waals surface area (Å²) < 4.78 is 7.12. The number of carbonyl (C=O) groups is 1. The molecule has 0 radical (unpaired) electrons. The number of amides is 1. The minimum Gasteiger partial charge on any atom is -0.489 e. The lowest BCUT2D eigenvalue weighted by Gasteiger charge is -2.15. The van der Waals surface area contributed by atoms with Crippen molar-refractivity contribution in [1.29, 1.82) is 0 Å². The Morgan fingerprint density at radius 3 is 2.17 bits per heavy atom. The standard InChI is InChI=1S/C30H23IN2O2S/c31-25-15-11-24(12-16-25)21-35-27-17-13-22(14-18-27)19-28-29(34)33(20-23-7-3-1-4-8-23)30(36-28)32-26-9-5-2-6-10-26/h1-19H,20-21H2/b28-19-,32-30?. The van der Waals surface area contributed by atoms with Crippen molar-refractivity contribution in [3.63, 3.8) is 0 Å². The second-order valence-corrected chi connectivity index (χ2v) is 10.5. The number of benzene rings is 4. The molecule has 1 aliphatic rings. The number of ether oxygens (including phenoxy) is 1. The monoisotopic (exact) mass is 602 g/mol. The molecule has 1 heterocycles. The lowest BCUT2D eigenvalue weighted by molar-refractivity contribution is -0.122. The third kappa shape index (κ3) is 6.25. The predicted octanol–water partition coefficient (Wildman–Crippen LogP) is 7.67. The molecule has 4 aromatic rings. The van der Waals surface area contributed by atoms with E-state index in [-0.39, 0.29) is 5.91 Å². The SMILES string of the molecule is O=C1/C(=C/c2ccc(OCc3ccc(I)cc3)cc2)SC(=Nc2ccccc2)N1Cc1ccccc1. The van der Waals surface area contributed by atoms with E-state index in [0.717, 1.165) is 28.1 Å². The lowest BCUT2D eigenvalue weighted by Crippen LogP contribution is -2.28. The summed E-state index contributed by atoms with van der Waals surface area (Å²) in [7, 11) is 0. The first-order valence-electron chi connectivity index (χ1n) is 11.5. The molecule has 4 aromatic carbocycles. The summed E-state index contributed by atoms with van der Waals surface area (Å²) in [5, 5.41) is 0.679. The Kier molecular flexibility index (Phi) is 7.83. The zero-order valence-corrected chi connectivity index (χ0v) is 22.4. The highest BCUT2D eigenvalue weighted by Gasteiger charge is 2.33. The van der Waals surface area contributed by atoms with Crippen LogP contribution in [0.25, 0.3) is 6.08 Å². The fourth-order valence-corrected chi connectivity index (χ4v) is 5.03. The van der Waals surface area contributed by atoms with Gasteiger partial charge in [-0.2, -0.15) is 0 Å². The lowest BCUT2D eigenvalue weighted by atomic mass is 10.2. The van der Waals surface area contributed by atoms with E-state index in [1.807, 2.05) is 91.0 Å². The molecule has 4 nitrogen and oxygen atoms in total. The van der Waals surface area contributed by atoms with Crippen molar-refractivity contribution in [2.75, 3.05) is 0 Å². The maximum Gasteiger partial charge on any atom is 0.267 e. The van der Waals surface area contributed by atoms with E-state index in [4.69, 9.17) is 9.73 Å². The minimum atomic E-state index is -0.0439. The highest BCUT2D eigenvalue weighted by Crippen LogP contribution is 2.35. The molecule has 1 aliphatic heterocycles. The quantitative estimate of drug-likeness (QED) is 0.161. The molecule has 1 amide bonds. The molecular formula is C30H23IN2O2S. The molecular weight excluding hydrogens is 579 g/mol. The summed E-state index contributed by atoms with van der Waals surface area (Å²) in [5.41, 5.74) is 3.94. The van der Waals surface area contributed by atoms with Gasteiger partial charge in [0.05, 0.1) is 17.1 Å². The van der Waals surface area contributed by atoms with E-state index in [2.05, 4.69) is 46.9 Å². The van der Waals surface area contributed by atoms with Crippen LogP contribution in [0.15, 0.2) is 119 Å². The van der Waals surface area contributed by atoms with E-state index < -0.39 is 0 Å². The third-order valence-corrected chi connectivity index (χ3v) is 7.27. The Balaban J connectivity index is 1.34. The summed E-state index contributed by atoms with van der Waals surface area (Å²) in [4.78, 5) is 20.6. The fourth-order valence-electron chi connectivity index (χ4n) is 3.67. The zero-order chi connectivity index (χ0) is 24.7. The summed E-state index contributed by atoms with van der Waals surface area (Å²) in [6, 6.07) is 35.8. The Morgan fingerprint density at radius 1 is 0.806 bits per heavy atom. The Labute approximate surface area is 228 Å². The van der Waals surface area contributed by atoms with Gasteiger partial charge in [0.25, 0.3) is 5.91 Å². The largest absolute Gasteiger partial charge is 0.489 e. The molecule has 0 spiro atoms. The number of hydrogen-bond donors (Lipinski definition) is 0. The number of halogens is 1. The Hall–Kier alpha value is -3.36. The average molecular weight is 602 g/mol. The number of aliphatic imine (C=N–C) groups is 1. The van der Waals surface area contributed by atoms with Gasteiger partial charge in [0.2, 0.25) is 0 Å². The molecule has 0 aromatic heterocycles. The van der Waals surface area contributed by atoms with E-state index in [1.54, 1.807) is 4.90 Å². The van der Waals surface area contributed by atoms with Gasteiger partial charge in [-0.05, 0) is 93.5 Å². The van der Waals surface area contributed by atoms with Crippen molar-refractivity contribution in [2.24, 2.45) is 4.99 Å². The number of carbonyl (C=O) groups excluding carboxylic acids is 1. The molecule has 5 rings (SSSR count). The van der Waals surface area contributed by atoms with Crippen LogP contribution in [0.2, 0.25) is 0 Å². The molecule has 0 saturated carbocycles. The number of hydrogen-bond acceptors (Lipinski definition) is 4. The molecule has 178 valence electrons. The van der Waals surface area contributed by atoms with Gasteiger partial charge in [-0.25, -0.2) is 4.99 Å². The molecule has 1 saturated heterocycles. The van der Waals surface area contributed by atoms with Crippen LogP contribution in [-0.2, 0) is 17.9 Å². The highest BCUT2D eigenvalue weighted by molar-refractivity contribution is 14.1. The molecule has 0 N–H and O–H groups in total. The zero-order valence-electron chi connectivity index (χ0n) is 19.4. The second-order valence-electron chi connectivity index (χ2n) is 8.20. The molecule has 36 heavy (non-hydrogen) atoms. The van der Waals surface area contributed by atoms with E-state index in [9.17, 15) is 4.79 Å². The number of amidine groups is 1. The summed E-state index contributed by atoms with van der Waals surface area (Å²) in [6.45, 7) is 0.987. The first-order chi connectivity index (χ1) is 17.6. The van der Waals surface area contributed by atoms with Crippen molar-refractivity contribution < 1.29 is 9.53 Å². The van der Waals surface area contributed by atoms with Gasteiger partial charge in [-0.3, -0.25) is 9.69 Å². The molecule has 0 unspecified atom stereocenters. The highest BCUT2D eigenvalue weighted by atomic mass is 127. The smallest absolute Gasteiger partial charge is 0.267 e. The number of thioether (sulfide) groups is 1. The van der Waals surface area contributed by atoms with E-state index in [1.165, 1.54) is 15.3 Å². The molecule has 6 heteroatoms. The number of rotatable bonds is 7. The van der Waals surface area contributed by atoms with Crippen molar-refractivity contribution in [2.45, 2.75) is 13.2 Å². The first-order valence-corrected chi connectivity index (χ1v) is 13.4. The van der Waals surface area contributed by atoms with Crippen LogP contribution in [0.1, 0.15) is 16.7 Å². The molecule has 1 fully saturated rings. The maximum atomic E-state index is 13.4. The first kappa shape index (κ1) is 24.3. The van der Waals surface area contributed by atoms with Gasteiger partial charge >= 0.3 is 0 Å². The fraction of sp³-hybridized carbons (Fsp3) is 0.0667. The van der Waals surface area contributed by atoms with Gasteiger partial charge in [0.1, 0.15) is 12.4 Å². The van der Waals surface area contributed by atoms with E-state index in [0.29, 0.717) is 23.2 Å². The number of nitrogens with zero attached hydrogens (tertiary/aromatic N) is 2. The van der Waals surface area contributed by atoms with Crippen LogP contribution in [0.5, 0.6) is 5.75 Å². The topological polar surface area (TPSA) is 41.9 Å². The van der Waals surface area contributed by atoms with Gasteiger partial charge in [-0.1, -0.05) is 72.8 Å². The Bertz CT molecular complexity index is 1390. The van der Waals surface area contributed by atoms with Gasteiger partial charge < -0.3 is 4.74 Å². The minimum absolute atomic E-state index is 0.0439. The normalized spacial score (nSPS) is 15.6. The summed E-state index contributed by atoms with van der Waals surface area (Å²) >= 11 is 3.70. The van der Waals surface area contributed by atoms with E-state index >= 15 is 0 Å². The van der Waals surface area contributed by atoms with Crippen LogP contribution in [-0.4, -0.2) is 16.0 Å². The van der Waals surface area contributed by atoms with Crippen LogP contribution < -0.4 is 4.74 Å².